The highest BCUT2D eigenvalue weighted by Crippen LogP contribution is 2.12. The normalized spacial score (nSPS) is 9.83. The third kappa shape index (κ3) is 3.69. The lowest BCUT2D eigenvalue weighted by atomic mass is 10.0. The van der Waals surface area contributed by atoms with Crippen molar-refractivity contribution in [2.45, 2.75) is 13.8 Å². The van der Waals surface area contributed by atoms with Gasteiger partial charge in [0.05, 0.1) is 31.8 Å². The van der Waals surface area contributed by atoms with Crippen molar-refractivity contribution in [3.05, 3.63) is 34.9 Å². The lowest BCUT2D eigenvalue weighted by Crippen LogP contribution is -2.31. The summed E-state index contributed by atoms with van der Waals surface area (Å²) >= 11 is 0. The van der Waals surface area contributed by atoms with Crippen LogP contribution in [0.25, 0.3) is 0 Å². The third-order valence-corrected chi connectivity index (χ3v) is 2.65. The number of nitriles is 2. The van der Waals surface area contributed by atoms with Crippen LogP contribution in [0.1, 0.15) is 21.5 Å². The van der Waals surface area contributed by atoms with E-state index >= 15 is 0 Å². The summed E-state index contributed by atoms with van der Waals surface area (Å²) in [5, 5.41) is 17.3. The van der Waals surface area contributed by atoms with Crippen molar-refractivity contribution >= 4 is 5.78 Å². The van der Waals surface area contributed by atoms with Gasteiger partial charge in [0.25, 0.3) is 0 Å². The fourth-order valence-electron chi connectivity index (χ4n) is 1.69. The fourth-order valence-corrected chi connectivity index (χ4v) is 1.69. The monoisotopic (exact) mass is 241 g/mol. The van der Waals surface area contributed by atoms with Crippen LogP contribution in [-0.2, 0) is 0 Å². The minimum atomic E-state index is -0.0540. The molecule has 0 atom stereocenters. The predicted octanol–water partition coefficient (Wildman–Crippen LogP) is 1.84. The molecule has 0 aliphatic carbocycles. The van der Waals surface area contributed by atoms with Crippen LogP contribution in [0.5, 0.6) is 0 Å². The molecule has 0 N–H and O–H groups in total. The molecule has 0 aliphatic rings. The van der Waals surface area contributed by atoms with E-state index in [-0.39, 0.29) is 25.4 Å². The molecule has 0 amide bonds. The molecular formula is C14H15N3O. The smallest absolute Gasteiger partial charge is 0.177 e. The van der Waals surface area contributed by atoms with E-state index in [2.05, 4.69) is 0 Å². The zero-order valence-electron chi connectivity index (χ0n) is 10.6. The number of hydrogen-bond acceptors (Lipinski definition) is 4. The lowest BCUT2D eigenvalue weighted by molar-refractivity contribution is 0.0945. The Hall–Kier alpha value is -2.17. The van der Waals surface area contributed by atoms with E-state index in [0.717, 1.165) is 11.1 Å². The molecule has 0 fully saturated rings. The lowest BCUT2D eigenvalue weighted by Gasteiger charge is -2.15. The second kappa shape index (κ2) is 6.54. The van der Waals surface area contributed by atoms with Gasteiger partial charge in [0.2, 0.25) is 0 Å². The first kappa shape index (κ1) is 13.9. The Labute approximate surface area is 107 Å². The summed E-state index contributed by atoms with van der Waals surface area (Å²) in [7, 11) is 0. The Morgan fingerprint density at radius 2 is 1.83 bits per heavy atom. The Kier molecular flexibility index (Phi) is 5.05. The highest BCUT2D eigenvalue weighted by Gasteiger charge is 2.14. The molecule has 4 nitrogen and oxygen atoms in total. The topological polar surface area (TPSA) is 67.9 Å². The van der Waals surface area contributed by atoms with Crippen LogP contribution in [0.4, 0.5) is 0 Å². The Bertz CT molecular complexity index is 507. The molecule has 0 heterocycles. The molecule has 1 rings (SSSR count). The van der Waals surface area contributed by atoms with Crippen molar-refractivity contribution in [3.63, 3.8) is 0 Å². The number of carbonyl (C=O) groups is 1. The standard InChI is InChI=1S/C14H15N3O/c1-11-3-4-12(2)13(9-11)14(18)10-17(7-5-15)8-6-16/h3-4,9H,7-8,10H2,1-2H3. The van der Waals surface area contributed by atoms with E-state index in [4.69, 9.17) is 10.5 Å². The Morgan fingerprint density at radius 3 is 2.39 bits per heavy atom. The summed E-state index contributed by atoms with van der Waals surface area (Å²) in [4.78, 5) is 13.6. The van der Waals surface area contributed by atoms with Crippen LogP contribution in [0.3, 0.4) is 0 Å². The average Bonchev–Trinajstić information content (AvgIpc) is 2.33. The molecular weight excluding hydrogens is 226 g/mol. The van der Waals surface area contributed by atoms with Gasteiger partial charge in [-0.1, -0.05) is 17.7 Å². The number of carbonyl (C=O) groups excluding carboxylic acids is 1. The number of aryl methyl sites for hydroxylation is 2. The third-order valence-electron chi connectivity index (χ3n) is 2.65. The Morgan fingerprint density at radius 1 is 1.22 bits per heavy atom. The molecule has 0 saturated carbocycles. The van der Waals surface area contributed by atoms with Gasteiger partial charge in [-0.25, -0.2) is 0 Å². The van der Waals surface area contributed by atoms with Gasteiger partial charge in [0.1, 0.15) is 0 Å². The van der Waals surface area contributed by atoms with Gasteiger partial charge in [0, 0.05) is 5.56 Å². The molecule has 92 valence electrons. The molecule has 1 aromatic rings. The number of ketones is 1. The quantitative estimate of drug-likeness (QED) is 0.582. The number of rotatable bonds is 5. The molecule has 1 aromatic carbocycles. The van der Waals surface area contributed by atoms with E-state index in [1.807, 2.05) is 44.2 Å². The molecule has 0 aliphatic heterocycles. The van der Waals surface area contributed by atoms with E-state index in [1.165, 1.54) is 4.90 Å². The van der Waals surface area contributed by atoms with Gasteiger partial charge in [-0.3, -0.25) is 9.69 Å². The van der Waals surface area contributed by atoms with Gasteiger partial charge >= 0.3 is 0 Å². The van der Waals surface area contributed by atoms with Gasteiger partial charge < -0.3 is 0 Å². The first-order valence-corrected chi connectivity index (χ1v) is 5.65. The molecule has 18 heavy (non-hydrogen) atoms. The second-order valence-corrected chi connectivity index (χ2v) is 4.20. The maximum absolute atomic E-state index is 12.1. The zero-order valence-corrected chi connectivity index (χ0v) is 10.6. The van der Waals surface area contributed by atoms with Crippen LogP contribution in [-0.4, -0.2) is 30.3 Å². The first-order chi connectivity index (χ1) is 8.58. The Balaban J connectivity index is 2.84. The van der Waals surface area contributed by atoms with Crippen molar-refractivity contribution in [1.82, 2.24) is 4.90 Å². The van der Waals surface area contributed by atoms with E-state index in [1.54, 1.807) is 0 Å². The highest BCUT2D eigenvalue weighted by atomic mass is 16.1. The van der Waals surface area contributed by atoms with Crippen molar-refractivity contribution < 1.29 is 4.79 Å². The van der Waals surface area contributed by atoms with Crippen LogP contribution in [0, 0.1) is 36.5 Å². The molecule has 0 aromatic heterocycles. The molecule has 0 unspecified atom stereocenters. The number of hydrogen-bond donors (Lipinski definition) is 0. The fraction of sp³-hybridized carbons (Fsp3) is 0.357. The number of benzene rings is 1. The molecule has 0 saturated heterocycles. The first-order valence-electron chi connectivity index (χ1n) is 5.65. The van der Waals surface area contributed by atoms with Gasteiger partial charge in [-0.05, 0) is 25.5 Å². The summed E-state index contributed by atoms with van der Waals surface area (Å²) in [5.41, 5.74) is 2.60. The van der Waals surface area contributed by atoms with Crippen LogP contribution in [0.2, 0.25) is 0 Å². The molecule has 4 heteroatoms. The average molecular weight is 241 g/mol. The van der Waals surface area contributed by atoms with Gasteiger partial charge in [0.15, 0.2) is 5.78 Å². The van der Waals surface area contributed by atoms with Crippen molar-refractivity contribution in [1.29, 1.82) is 10.5 Å². The predicted molar refractivity (Wildman–Crippen MR) is 67.9 cm³/mol. The summed E-state index contributed by atoms with van der Waals surface area (Å²) in [5.74, 6) is -0.0540. The molecule has 0 bridgehead atoms. The minimum absolute atomic E-state index is 0.0540. The van der Waals surface area contributed by atoms with E-state index in [0.29, 0.717) is 5.56 Å². The highest BCUT2D eigenvalue weighted by molar-refractivity contribution is 5.99. The summed E-state index contributed by atoms with van der Waals surface area (Å²) < 4.78 is 0. The van der Waals surface area contributed by atoms with Crippen molar-refractivity contribution in [2.24, 2.45) is 0 Å². The van der Waals surface area contributed by atoms with Crippen LogP contribution in [0.15, 0.2) is 18.2 Å². The number of nitrogens with zero attached hydrogens (tertiary/aromatic N) is 3. The maximum Gasteiger partial charge on any atom is 0.177 e. The summed E-state index contributed by atoms with van der Waals surface area (Å²) in [6, 6.07) is 9.61. The molecule has 0 spiro atoms. The van der Waals surface area contributed by atoms with Gasteiger partial charge in [-0.15, -0.1) is 0 Å². The van der Waals surface area contributed by atoms with E-state index < -0.39 is 0 Å². The van der Waals surface area contributed by atoms with Crippen molar-refractivity contribution in [3.8, 4) is 12.1 Å². The summed E-state index contributed by atoms with van der Waals surface area (Å²) in [6.07, 6.45) is 0. The van der Waals surface area contributed by atoms with Gasteiger partial charge in [-0.2, -0.15) is 10.5 Å². The zero-order chi connectivity index (χ0) is 13.5. The van der Waals surface area contributed by atoms with Crippen LogP contribution < -0.4 is 0 Å². The second-order valence-electron chi connectivity index (χ2n) is 4.20. The minimum Gasteiger partial charge on any atom is -0.293 e. The maximum atomic E-state index is 12.1. The van der Waals surface area contributed by atoms with Crippen molar-refractivity contribution in [2.75, 3.05) is 19.6 Å². The van der Waals surface area contributed by atoms with E-state index in [9.17, 15) is 4.79 Å². The largest absolute Gasteiger partial charge is 0.293 e. The summed E-state index contributed by atoms with van der Waals surface area (Å²) in [6.45, 7) is 4.09. The molecule has 0 radical (unpaired) electrons. The van der Waals surface area contributed by atoms with Crippen LogP contribution >= 0.6 is 0 Å². The SMILES string of the molecule is Cc1ccc(C)c(C(=O)CN(CC#N)CC#N)c1. The number of Topliss-reactive ketones (excluding diaryl/α,β-unsaturated/α-hetero) is 1.